The van der Waals surface area contributed by atoms with Gasteiger partial charge in [0.15, 0.2) is 0 Å². The maximum Gasteiger partial charge on any atom is 0.282 e. The Kier molecular flexibility index (Phi) is 6.70. The normalized spacial score (nSPS) is 19.0. The molecule has 2 amide bonds. The first-order valence-electron chi connectivity index (χ1n) is 11.3. The summed E-state index contributed by atoms with van der Waals surface area (Å²) in [5.41, 5.74) is 1.94. The summed E-state index contributed by atoms with van der Waals surface area (Å²) in [6, 6.07) is 14.2. The van der Waals surface area contributed by atoms with Crippen LogP contribution in [0, 0.1) is 5.92 Å². The van der Waals surface area contributed by atoms with Gasteiger partial charge in [-0.05, 0) is 74.6 Å². The lowest BCUT2D eigenvalue weighted by molar-refractivity contribution is -0.120. The van der Waals surface area contributed by atoms with E-state index >= 15 is 0 Å². The Morgan fingerprint density at radius 3 is 2.27 bits per heavy atom. The Hall–Kier alpha value is -3.32. The first-order chi connectivity index (χ1) is 15.9. The zero-order valence-corrected chi connectivity index (χ0v) is 19.3. The average Bonchev–Trinajstić information content (AvgIpc) is 3.09. The molecule has 7 heteroatoms. The molecule has 0 radical (unpaired) electrons. The van der Waals surface area contributed by atoms with Crippen molar-refractivity contribution in [3.05, 3.63) is 59.8 Å². The Labute approximate surface area is 194 Å². The summed E-state index contributed by atoms with van der Waals surface area (Å²) in [7, 11) is 1.58. The Morgan fingerprint density at radius 2 is 1.67 bits per heavy atom. The number of rotatable bonds is 7. The van der Waals surface area contributed by atoms with Crippen LogP contribution < -0.4 is 14.4 Å². The van der Waals surface area contributed by atoms with Crippen LogP contribution in [0.25, 0.3) is 5.57 Å². The smallest absolute Gasteiger partial charge is 0.282 e. The van der Waals surface area contributed by atoms with Gasteiger partial charge in [-0.15, -0.1) is 0 Å². The van der Waals surface area contributed by atoms with Crippen molar-refractivity contribution < 1.29 is 24.2 Å². The van der Waals surface area contributed by atoms with Crippen LogP contribution in [0.3, 0.4) is 0 Å². The molecule has 7 nitrogen and oxygen atoms in total. The summed E-state index contributed by atoms with van der Waals surface area (Å²) < 4.78 is 10.9. The number of anilines is 1. The van der Waals surface area contributed by atoms with Crippen LogP contribution in [0.5, 0.6) is 11.5 Å². The van der Waals surface area contributed by atoms with Crippen molar-refractivity contribution in [2.24, 2.45) is 5.92 Å². The second kappa shape index (κ2) is 9.67. The van der Waals surface area contributed by atoms with Gasteiger partial charge in [0.05, 0.1) is 24.5 Å². The molecule has 1 atom stereocenters. The second-order valence-corrected chi connectivity index (χ2v) is 8.70. The van der Waals surface area contributed by atoms with Gasteiger partial charge in [0.1, 0.15) is 17.2 Å². The molecule has 0 saturated carbocycles. The van der Waals surface area contributed by atoms with Gasteiger partial charge in [-0.2, -0.15) is 0 Å². The molecule has 0 aromatic heterocycles. The zero-order chi connectivity index (χ0) is 23.5. The lowest BCUT2D eigenvalue weighted by Gasteiger charge is -2.34. The number of imide groups is 1. The number of nitrogens with zero attached hydrogens (tertiary/aromatic N) is 2. The number of amides is 2. The number of ether oxygens (including phenoxy) is 2. The number of carbonyl (C=O) groups is 2. The van der Waals surface area contributed by atoms with Gasteiger partial charge < -0.3 is 19.5 Å². The van der Waals surface area contributed by atoms with E-state index in [4.69, 9.17) is 9.47 Å². The van der Waals surface area contributed by atoms with Gasteiger partial charge in [-0.3, -0.25) is 9.59 Å². The van der Waals surface area contributed by atoms with E-state index in [2.05, 4.69) is 0 Å². The highest BCUT2D eigenvalue weighted by atomic mass is 16.5. The highest BCUT2D eigenvalue weighted by molar-refractivity contribution is 6.45. The highest BCUT2D eigenvalue weighted by Gasteiger charge is 2.43. The summed E-state index contributed by atoms with van der Waals surface area (Å²) in [5.74, 6) is 0.727. The first kappa shape index (κ1) is 22.9. The van der Waals surface area contributed by atoms with Gasteiger partial charge in [0, 0.05) is 19.7 Å². The Morgan fingerprint density at radius 1 is 1.00 bits per heavy atom. The number of hydrogen-bond acceptors (Lipinski definition) is 6. The van der Waals surface area contributed by atoms with Crippen LogP contribution in [0.2, 0.25) is 0 Å². The summed E-state index contributed by atoms with van der Waals surface area (Å²) in [6.07, 6.45) is 1.79. The largest absolute Gasteiger partial charge is 0.497 e. The molecule has 0 bridgehead atoms. The van der Waals surface area contributed by atoms with Crippen LogP contribution in [0.15, 0.2) is 54.2 Å². The molecule has 174 valence electrons. The van der Waals surface area contributed by atoms with E-state index in [1.807, 2.05) is 18.7 Å². The maximum absolute atomic E-state index is 13.7. The fraction of sp³-hybridized carbons (Fsp3) is 0.385. The van der Waals surface area contributed by atoms with E-state index in [-0.39, 0.29) is 30.4 Å². The van der Waals surface area contributed by atoms with Gasteiger partial charge in [-0.1, -0.05) is 12.1 Å². The highest BCUT2D eigenvalue weighted by Crippen LogP contribution is 2.37. The van der Waals surface area contributed by atoms with E-state index < -0.39 is 0 Å². The van der Waals surface area contributed by atoms with Gasteiger partial charge in [0.2, 0.25) is 0 Å². The quantitative estimate of drug-likeness (QED) is 0.651. The number of piperidine rings is 1. The molecule has 1 saturated heterocycles. The number of methoxy groups -OCH3 is 1. The Balaban J connectivity index is 1.73. The van der Waals surface area contributed by atoms with Crippen LogP contribution >= 0.6 is 0 Å². The average molecular weight is 451 g/mol. The topological polar surface area (TPSA) is 79.3 Å². The van der Waals surface area contributed by atoms with Crippen molar-refractivity contribution in [1.29, 1.82) is 0 Å². The van der Waals surface area contributed by atoms with Crippen molar-refractivity contribution in [2.45, 2.75) is 32.8 Å². The molecule has 2 aromatic carbocycles. The van der Waals surface area contributed by atoms with E-state index in [1.165, 1.54) is 4.90 Å². The maximum atomic E-state index is 13.7. The minimum Gasteiger partial charge on any atom is -0.497 e. The van der Waals surface area contributed by atoms with Crippen molar-refractivity contribution in [3.8, 4) is 11.5 Å². The fourth-order valence-corrected chi connectivity index (χ4v) is 4.43. The number of benzene rings is 2. The van der Waals surface area contributed by atoms with Gasteiger partial charge in [-0.25, -0.2) is 4.90 Å². The summed E-state index contributed by atoms with van der Waals surface area (Å²) in [6.45, 7) is 5.15. The number of hydrogen-bond donors (Lipinski definition) is 1. The van der Waals surface area contributed by atoms with Crippen molar-refractivity contribution >= 4 is 23.1 Å². The van der Waals surface area contributed by atoms with Crippen molar-refractivity contribution in [3.63, 3.8) is 0 Å². The minimum atomic E-state index is -0.358. The molecule has 1 N–H and O–H groups in total. The van der Waals surface area contributed by atoms with Gasteiger partial charge in [0.25, 0.3) is 11.8 Å². The van der Waals surface area contributed by atoms with Crippen molar-refractivity contribution in [2.75, 3.05) is 31.7 Å². The second-order valence-electron chi connectivity index (χ2n) is 8.70. The number of aliphatic hydroxyl groups excluding tert-OH is 1. The standard InChI is InChI=1S/C26H30N2O5/c1-17(2)33-22-12-8-20(9-13-22)28-25(30)23(19-6-10-21(32-3)11-7-19)24(26(28)31)27-14-4-5-18(15-27)16-29/h6-13,17-18,29H,4-5,14-16H2,1-3H3. The predicted octanol–water partition coefficient (Wildman–Crippen LogP) is 3.47. The third kappa shape index (κ3) is 4.59. The predicted molar refractivity (Wildman–Crippen MR) is 126 cm³/mol. The molecule has 1 unspecified atom stereocenters. The van der Waals surface area contributed by atoms with Crippen LogP contribution in [0.4, 0.5) is 5.69 Å². The molecule has 33 heavy (non-hydrogen) atoms. The molecule has 0 spiro atoms. The van der Waals surface area contributed by atoms with Gasteiger partial charge >= 0.3 is 0 Å². The Bertz CT molecular complexity index is 1040. The summed E-state index contributed by atoms with van der Waals surface area (Å²) >= 11 is 0. The minimum absolute atomic E-state index is 0.0272. The third-order valence-corrected chi connectivity index (χ3v) is 6.00. The third-order valence-electron chi connectivity index (χ3n) is 6.00. The monoisotopic (exact) mass is 450 g/mol. The summed E-state index contributed by atoms with van der Waals surface area (Å²) in [5, 5.41) is 9.70. The van der Waals surface area contributed by atoms with E-state index in [0.717, 1.165) is 12.8 Å². The number of carbonyl (C=O) groups excluding carboxylic acids is 2. The first-order valence-corrected chi connectivity index (χ1v) is 11.3. The molecule has 2 heterocycles. The molecule has 2 aromatic rings. The summed E-state index contributed by atoms with van der Waals surface area (Å²) in [4.78, 5) is 30.5. The lowest BCUT2D eigenvalue weighted by atomic mass is 9.97. The van der Waals surface area contributed by atoms with Crippen LogP contribution in [0.1, 0.15) is 32.3 Å². The molecular weight excluding hydrogens is 420 g/mol. The molecule has 4 rings (SSSR count). The van der Waals surface area contributed by atoms with Crippen LogP contribution in [-0.4, -0.2) is 54.7 Å². The van der Waals surface area contributed by atoms with Crippen LogP contribution in [-0.2, 0) is 9.59 Å². The lowest BCUT2D eigenvalue weighted by Crippen LogP contribution is -2.40. The van der Waals surface area contributed by atoms with Crippen molar-refractivity contribution in [1.82, 2.24) is 4.90 Å². The van der Waals surface area contributed by atoms with E-state index in [0.29, 0.717) is 47.1 Å². The van der Waals surface area contributed by atoms with E-state index in [9.17, 15) is 14.7 Å². The molecular formula is C26H30N2O5. The number of aliphatic hydroxyl groups is 1. The molecule has 2 aliphatic heterocycles. The van der Waals surface area contributed by atoms with E-state index in [1.54, 1.807) is 55.6 Å². The number of likely N-dealkylation sites (tertiary alicyclic amines) is 1. The molecule has 1 fully saturated rings. The zero-order valence-electron chi connectivity index (χ0n) is 19.3. The SMILES string of the molecule is COc1ccc(C2=C(N3CCCC(CO)C3)C(=O)N(c3ccc(OC(C)C)cc3)C2=O)cc1. The molecule has 2 aliphatic rings. The fourth-order valence-electron chi connectivity index (χ4n) is 4.43. The molecule has 0 aliphatic carbocycles.